The molecule has 0 bridgehead atoms. The fourth-order valence-electron chi connectivity index (χ4n) is 5.71. The third-order valence-electron chi connectivity index (χ3n) is 7.59. The average molecular weight is 563 g/mol. The summed E-state index contributed by atoms with van der Waals surface area (Å²) in [7, 11) is 0. The van der Waals surface area contributed by atoms with Crippen LogP contribution in [0, 0.1) is 0 Å². The Morgan fingerprint density at radius 1 is 0.548 bits per heavy atom. The highest BCUT2D eigenvalue weighted by Crippen LogP contribution is 2.32. The molecule has 0 radical (unpaired) electrons. The summed E-state index contributed by atoms with van der Waals surface area (Å²) in [6.45, 7) is 0. The van der Waals surface area contributed by atoms with Crippen molar-refractivity contribution >= 4 is 33.1 Å². The standard InChI is InChI=1S/C36H23N4O.ClH/c41-28-17-19-31-36(23-28)40(27-11-5-2-6-12-27)34-20-16-24(21-32(34)38-31)25-15-18-30-35(22-25)39(26-9-3-1-4-10-26)33-14-8-7-13-29(33)37-30;/h1-23H;1H/q+1;/p-1. The maximum absolute atomic E-state index is 12.3. The molecule has 6 aromatic rings. The van der Waals surface area contributed by atoms with Gasteiger partial charge in [-0.05, 0) is 59.7 Å². The molecule has 5 aromatic carbocycles. The van der Waals surface area contributed by atoms with Crippen molar-refractivity contribution in [1.82, 2.24) is 14.5 Å². The van der Waals surface area contributed by atoms with Crippen molar-refractivity contribution in [2.75, 3.05) is 0 Å². The minimum absolute atomic E-state index is 0. The molecule has 0 atom stereocenters. The van der Waals surface area contributed by atoms with Gasteiger partial charge in [-0.3, -0.25) is 4.79 Å². The highest BCUT2D eigenvalue weighted by Gasteiger charge is 2.20. The number of hydrogen-bond acceptors (Lipinski definition) is 3. The van der Waals surface area contributed by atoms with E-state index in [-0.39, 0.29) is 17.8 Å². The molecule has 0 saturated carbocycles. The molecule has 0 saturated heterocycles. The van der Waals surface area contributed by atoms with Gasteiger partial charge in [-0.25, -0.2) is 9.97 Å². The lowest BCUT2D eigenvalue weighted by atomic mass is 10.0. The van der Waals surface area contributed by atoms with Gasteiger partial charge in [-0.2, -0.15) is 0 Å². The molecule has 5 nitrogen and oxygen atoms in total. The first-order valence-electron chi connectivity index (χ1n) is 13.6. The number of fused-ring (bicyclic) bond motifs is 4. The summed E-state index contributed by atoms with van der Waals surface area (Å²) in [5.41, 5.74) is 11.5. The summed E-state index contributed by atoms with van der Waals surface area (Å²) < 4.78 is 4.39. The third-order valence-corrected chi connectivity index (χ3v) is 7.59. The Hall–Kier alpha value is -5.39. The summed E-state index contributed by atoms with van der Waals surface area (Å²) in [6, 6.07) is 46.5. The molecular weight excluding hydrogens is 540 g/mol. The summed E-state index contributed by atoms with van der Waals surface area (Å²) >= 11 is 0. The Bertz CT molecular complexity index is 2280. The molecule has 0 N–H and O–H groups in total. The van der Waals surface area contributed by atoms with Gasteiger partial charge >= 0.3 is 0 Å². The van der Waals surface area contributed by atoms with E-state index in [1.54, 1.807) is 18.2 Å². The number of hydrogen-bond donors (Lipinski definition) is 0. The first kappa shape index (κ1) is 25.6. The summed E-state index contributed by atoms with van der Waals surface area (Å²) in [4.78, 5) is 22.3. The smallest absolute Gasteiger partial charge is 0.238 e. The molecule has 0 fully saturated rings. The topological polar surface area (TPSA) is 51.7 Å². The zero-order valence-corrected chi connectivity index (χ0v) is 23.1. The highest BCUT2D eigenvalue weighted by molar-refractivity contribution is 5.90. The van der Waals surface area contributed by atoms with Crippen molar-refractivity contribution in [3.63, 3.8) is 0 Å². The highest BCUT2D eigenvalue weighted by atomic mass is 35.5. The molecule has 0 amide bonds. The first-order chi connectivity index (χ1) is 20.2. The van der Waals surface area contributed by atoms with E-state index in [4.69, 9.17) is 9.97 Å². The molecule has 200 valence electrons. The summed E-state index contributed by atoms with van der Waals surface area (Å²) in [5.74, 6) is 0. The molecule has 42 heavy (non-hydrogen) atoms. The van der Waals surface area contributed by atoms with E-state index in [2.05, 4.69) is 88.0 Å². The summed E-state index contributed by atoms with van der Waals surface area (Å²) in [6.07, 6.45) is 0. The van der Waals surface area contributed by atoms with Gasteiger partial charge in [0, 0.05) is 36.0 Å². The predicted octanol–water partition coefficient (Wildman–Crippen LogP) is 4.14. The Morgan fingerprint density at radius 2 is 1.24 bits per heavy atom. The molecule has 1 aliphatic carbocycles. The number of aromatic nitrogens is 4. The van der Waals surface area contributed by atoms with E-state index in [1.165, 1.54) is 0 Å². The second-order valence-corrected chi connectivity index (χ2v) is 10.1. The van der Waals surface area contributed by atoms with Crippen LogP contribution < -0.4 is 22.4 Å². The zero-order chi connectivity index (χ0) is 27.3. The minimum Gasteiger partial charge on any atom is -1.00 e. The molecule has 0 spiro atoms. The van der Waals surface area contributed by atoms with E-state index in [9.17, 15) is 4.79 Å². The molecule has 0 unspecified atom stereocenters. The van der Waals surface area contributed by atoms with Crippen molar-refractivity contribution in [3.05, 3.63) is 150 Å². The number of nitrogens with zero attached hydrogens (tertiary/aromatic N) is 4. The van der Waals surface area contributed by atoms with Gasteiger partial charge < -0.3 is 17.0 Å². The van der Waals surface area contributed by atoms with E-state index in [0.29, 0.717) is 0 Å². The molecule has 8 rings (SSSR count). The van der Waals surface area contributed by atoms with Crippen LogP contribution >= 0.6 is 0 Å². The van der Waals surface area contributed by atoms with Crippen LogP contribution in [0.3, 0.4) is 0 Å². The normalized spacial score (nSPS) is 11.2. The van der Waals surface area contributed by atoms with Gasteiger partial charge in [0.2, 0.25) is 16.7 Å². The van der Waals surface area contributed by atoms with Crippen LogP contribution in [0.5, 0.6) is 0 Å². The van der Waals surface area contributed by atoms with Crippen LogP contribution in [0.25, 0.3) is 67.0 Å². The molecule has 1 aliphatic heterocycles. The van der Waals surface area contributed by atoms with Crippen LogP contribution in [0.15, 0.2) is 144 Å². The Balaban J connectivity index is 0.00000288. The second-order valence-electron chi connectivity index (χ2n) is 10.1. The van der Waals surface area contributed by atoms with E-state index in [0.717, 1.165) is 67.0 Å². The fraction of sp³-hybridized carbons (Fsp3) is 0. The largest absolute Gasteiger partial charge is 1.00 e. The number of halogens is 1. The number of benzene rings is 6. The van der Waals surface area contributed by atoms with Crippen molar-refractivity contribution < 1.29 is 17.0 Å². The maximum atomic E-state index is 12.3. The van der Waals surface area contributed by atoms with E-state index >= 15 is 0 Å². The predicted molar refractivity (Wildman–Crippen MR) is 164 cm³/mol. The first-order valence-corrected chi connectivity index (χ1v) is 13.6. The van der Waals surface area contributed by atoms with Crippen molar-refractivity contribution in [3.8, 4) is 33.9 Å². The Morgan fingerprint density at radius 3 is 2.07 bits per heavy atom. The van der Waals surface area contributed by atoms with Gasteiger partial charge in [0.1, 0.15) is 11.0 Å². The van der Waals surface area contributed by atoms with E-state index < -0.39 is 0 Å². The molecule has 2 aliphatic rings. The monoisotopic (exact) mass is 562 g/mol. The Kier molecular flexibility index (Phi) is 6.22. The SMILES string of the molecule is O=c1ccc2nc3cc(-c4ccc5nc6ccccc6[n+](-c6ccccc6)c5c4)ccc3n(-c3ccccc3)c-2c1.[Cl-]. The molecule has 2 heterocycles. The van der Waals surface area contributed by atoms with Crippen LogP contribution in [-0.4, -0.2) is 14.5 Å². The summed E-state index contributed by atoms with van der Waals surface area (Å²) in [5, 5.41) is 0. The van der Waals surface area contributed by atoms with Gasteiger partial charge in [0.15, 0.2) is 5.43 Å². The molecular formula is C36H23ClN4O. The van der Waals surface area contributed by atoms with Crippen LogP contribution in [-0.2, 0) is 0 Å². The van der Waals surface area contributed by atoms with Crippen molar-refractivity contribution in [1.29, 1.82) is 0 Å². The van der Waals surface area contributed by atoms with Crippen molar-refractivity contribution in [2.45, 2.75) is 0 Å². The van der Waals surface area contributed by atoms with Crippen LogP contribution in [0.1, 0.15) is 0 Å². The molecule has 6 heteroatoms. The average Bonchev–Trinajstić information content (AvgIpc) is 3.03. The molecule has 1 aromatic heterocycles. The van der Waals surface area contributed by atoms with Crippen molar-refractivity contribution in [2.24, 2.45) is 0 Å². The lowest BCUT2D eigenvalue weighted by Crippen LogP contribution is -3.00. The number of rotatable bonds is 3. The lowest BCUT2D eigenvalue weighted by Gasteiger charge is -2.19. The minimum atomic E-state index is -0.0380. The van der Waals surface area contributed by atoms with Crippen LogP contribution in [0.4, 0.5) is 0 Å². The number of para-hydroxylation sites is 4. The van der Waals surface area contributed by atoms with Gasteiger partial charge in [0.05, 0.1) is 22.4 Å². The quantitative estimate of drug-likeness (QED) is 0.240. The van der Waals surface area contributed by atoms with Crippen LogP contribution in [0.2, 0.25) is 0 Å². The maximum Gasteiger partial charge on any atom is 0.238 e. The lowest BCUT2D eigenvalue weighted by molar-refractivity contribution is -0.538. The van der Waals surface area contributed by atoms with Gasteiger partial charge in [-0.1, -0.05) is 60.7 Å². The van der Waals surface area contributed by atoms with Gasteiger partial charge in [0.25, 0.3) is 0 Å². The zero-order valence-electron chi connectivity index (χ0n) is 22.4. The Labute approximate surface area is 247 Å². The fourth-order valence-corrected chi connectivity index (χ4v) is 5.71. The van der Waals surface area contributed by atoms with E-state index in [1.807, 2.05) is 42.5 Å². The third kappa shape index (κ3) is 4.19. The van der Waals surface area contributed by atoms with Gasteiger partial charge in [-0.15, -0.1) is 4.57 Å². The second kappa shape index (κ2) is 10.2.